The van der Waals surface area contributed by atoms with Crippen LogP contribution in [0.1, 0.15) is 25.0 Å². The second-order valence-corrected chi connectivity index (χ2v) is 34.8. The third kappa shape index (κ3) is 11.7. The van der Waals surface area contributed by atoms with Gasteiger partial charge in [0.2, 0.25) is 0 Å². The van der Waals surface area contributed by atoms with E-state index in [0.717, 1.165) is 0 Å². The summed E-state index contributed by atoms with van der Waals surface area (Å²) in [6, 6.07) is 166. The predicted octanol–water partition coefficient (Wildman–Crippen LogP) is 34.9. The molecule has 23 aromatic rings. The first-order valence-corrected chi connectivity index (χ1v) is 43.7. The average molecular weight is 1580 g/mol. The SMILES string of the molecule is CC1(C)c2ccccc2-c2ccc(-c3ccc4cc(-c5cccc(-c6ccc7c8c(cccc68)-c6ccccc6-7)c5)ccc4c3)cc21.c1cc(-c2ccc3cc(-c4cc5ccccc5c5ccccc45)ccc3c2)cc(-c2ccc3c4c(cccc24)-c2ccccc2-3)c1.c1cc(-c2ccc3ccccc3c2)cc(-c2ccc3c4c(cccc24)-c2ccccc2-3)c1. The third-order valence-electron chi connectivity index (χ3n) is 27.6. The van der Waals surface area contributed by atoms with E-state index >= 15 is 0 Å². The second kappa shape index (κ2) is 28.7. The van der Waals surface area contributed by atoms with Crippen molar-refractivity contribution in [2.75, 3.05) is 0 Å². The lowest BCUT2D eigenvalue weighted by atomic mass is 9.81. The molecule has 4 aliphatic carbocycles. The van der Waals surface area contributed by atoms with Gasteiger partial charge in [-0.3, -0.25) is 0 Å². The van der Waals surface area contributed by atoms with Crippen LogP contribution in [0.25, 0.3) is 253 Å². The van der Waals surface area contributed by atoms with Crippen LogP contribution < -0.4 is 0 Å². The molecule has 0 heterocycles. The van der Waals surface area contributed by atoms with E-state index in [1.807, 2.05) is 0 Å². The summed E-state index contributed by atoms with van der Waals surface area (Å²) in [6.07, 6.45) is 0. The maximum absolute atomic E-state index is 2.41. The van der Waals surface area contributed by atoms with E-state index in [9.17, 15) is 0 Å². The van der Waals surface area contributed by atoms with Crippen LogP contribution in [0.4, 0.5) is 0 Å². The molecule has 0 amide bonds. The zero-order valence-corrected chi connectivity index (χ0v) is 69.2. The molecule has 27 rings (SSSR count). The number of rotatable bonds is 8. The topological polar surface area (TPSA) is 0 Å². The van der Waals surface area contributed by atoms with Gasteiger partial charge >= 0.3 is 0 Å². The van der Waals surface area contributed by atoms with Gasteiger partial charge in [0.05, 0.1) is 0 Å². The van der Waals surface area contributed by atoms with Gasteiger partial charge in [-0.15, -0.1) is 0 Å². The summed E-state index contributed by atoms with van der Waals surface area (Å²) >= 11 is 0. The molecular weight excluding hydrogens is 1500 g/mol. The lowest BCUT2D eigenvalue weighted by Gasteiger charge is -2.22. The standard InChI is InChI=1S/C47H32.C46H28.C32H20/c1-47(2)44-16-6-5-13-39(44)40-22-21-34(28-45(40)47)33-20-19-31-25-30(17-18-32(31)26-33)29-9-7-10-35(27-29)36-23-24-43-38-12-4-3-11-37(38)42-15-8-14-41(36)46(42)43;1-2-12-36-34(9-1)28-45(41-16-6-3-13-38(36)41)35-22-21-31-25-30(19-20-32(31)27-35)29-10-7-11-33(26-29)37-23-24-44-40-15-5-4-14-39(40)43-18-8-17-42(37)46(43)44;1-2-8-22-19-24(16-15-21(22)7-1)23-9-5-10-25(20-23)26-17-18-31-28-12-4-3-11-27(28)30-14-6-13-29(26)32(30)31/h3-28H,1-2H3;1-28H;1-20H. The first-order chi connectivity index (χ1) is 61.7. The fraction of sp³-hybridized carbons (Fsp3) is 0.0240. The second-order valence-electron chi connectivity index (χ2n) is 34.8. The first-order valence-electron chi connectivity index (χ1n) is 43.7. The molecular formula is C125H80. The van der Waals surface area contributed by atoms with Crippen molar-refractivity contribution in [3.63, 3.8) is 0 Å². The Balaban J connectivity index is 0.000000104. The van der Waals surface area contributed by atoms with Gasteiger partial charge in [-0.05, 0) is 325 Å². The lowest BCUT2D eigenvalue weighted by Crippen LogP contribution is -2.14. The Kier molecular flexibility index (Phi) is 16.5. The summed E-state index contributed by atoms with van der Waals surface area (Å²) in [6.45, 7) is 4.70. The molecule has 125 heavy (non-hydrogen) atoms. The van der Waals surface area contributed by atoms with Crippen molar-refractivity contribution in [1.82, 2.24) is 0 Å². The first kappa shape index (κ1) is 72.0. The van der Waals surface area contributed by atoms with Gasteiger partial charge in [0.15, 0.2) is 0 Å². The summed E-state index contributed by atoms with van der Waals surface area (Å²) in [5.41, 5.74) is 41.8. The van der Waals surface area contributed by atoms with E-state index in [0.29, 0.717) is 0 Å². The van der Waals surface area contributed by atoms with Crippen LogP contribution in [-0.2, 0) is 5.41 Å². The van der Waals surface area contributed by atoms with Gasteiger partial charge in [-0.1, -0.05) is 402 Å². The van der Waals surface area contributed by atoms with Crippen LogP contribution in [0.5, 0.6) is 0 Å². The highest BCUT2D eigenvalue weighted by Crippen LogP contribution is 2.55. The van der Waals surface area contributed by atoms with E-state index in [2.05, 4.69) is 463 Å². The minimum Gasteiger partial charge on any atom is -0.0619 e. The summed E-state index contributed by atoms with van der Waals surface area (Å²) in [7, 11) is 0. The average Bonchev–Trinajstić information content (AvgIpc) is 1.58. The monoisotopic (exact) mass is 1580 g/mol. The van der Waals surface area contributed by atoms with Crippen LogP contribution in [-0.4, -0.2) is 0 Å². The Bertz CT molecular complexity index is 8420. The Hall–Kier alpha value is -15.9. The summed E-state index contributed by atoms with van der Waals surface area (Å²) in [5, 5.41) is 20.8. The molecule has 0 radical (unpaired) electrons. The molecule has 0 spiro atoms. The number of benzene rings is 23. The van der Waals surface area contributed by atoms with Crippen LogP contribution in [0.15, 0.2) is 449 Å². The van der Waals surface area contributed by atoms with Gasteiger partial charge < -0.3 is 0 Å². The normalized spacial score (nSPS) is 12.5. The Labute approximate surface area is 727 Å². The molecule has 0 unspecified atom stereocenters. The van der Waals surface area contributed by atoms with Gasteiger partial charge in [-0.2, -0.15) is 0 Å². The molecule has 0 aromatic heterocycles. The zero-order chi connectivity index (χ0) is 82.5. The quantitative estimate of drug-likeness (QED) is 0.133. The molecule has 580 valence electrons. The van der Waals surface area contributed by atoms with Gasteiger partial charge in [-0.25, -0.2) is 0 Å². The van der Waals surface area contributed by atoms with Crippen LogP contribution >= 0.6 is 0 Å². The molecule has 4 aliphatic rings. The van der Waals surface area contributed by atoms with Crippen molar-refractivity contribution >= 4 is 86.2 Å². The number of hydrogen-bond acceptors (Lipinski definition) is 0. The third-order valence-corrected chi connectivity index (χ3v) is 27.6. The van der Waals surface area contributed by atoms with Crippen LogP contribution in [0.3, 0.4) is 0 Å². The minimum absolute atomic E-state index is 0.0000248. The van der Waals surface area contributed by atoms with Gasteiger partial charge in [0.1, 0.15) is 0 Å². The van der Waals surface area contributed by atoms with E-state index in [-0.39, 0.29) is 5.41 Å². The predicted molar refractivity (Wildman–Crippen MR) is 534 cm³/mol. The lowest BCUT2D eigenvalue weighted by molar-refractivity contribution is 0.660. The largest absolute Gasteiger partial charge is 0.0619 e. The van der Waals surface area contributed by atoms with Crippen LogP contribution in [0, 0.1) is 0 Å². The van der Waals surface area contributed by atoms with E-state index in [1.165, 1.54) is 264 Å². The van der Waals surface area contributed by atoms with Crippen molar-refractivity contribution in [3.05, 3.63) is 460 Å². The van der Waals surface area contributed by atoms with Gasteiger partial charge in [0.25, 0.3) is 0 Å². The Morgan fingerprint density at radius 1 is 0.120 bits per heavy atom. The maximum atomic E-state index is 2.41. The number of hydrogen-bond donors (Lipinski definition) is 0. The zero-order valence-electron chi connectivity index (χ0n) is 69.2. The molecule has 23 aromatic carbocycles. The van der Waals surface area contributed by atoms with E-state index in [4.69, 9.17) is 0 Å². The van der Waals surface area contributed by atoms with Crippen LogP contribution in [0.2, 0.25) is 0 Å². The van der Waals surface area contributed by atoms with Gasteiger partial charge in [0, 0.05) is 5.41 Å². The Morgan fingerprint density at radius 2 is 0.376 bits per heavy atom. The molecule has 0 aliphatic heterocycles. The van der Waals surface area contributed by atoms with Crippen molar-refractivity contribution in [2.45, 2.75) is 19.3 Å². The van der Waals surface area contributed by atoms with Crippen molar-refractivity contribution < 1.29 is 0 Å². The van der Waals surface area contributed by atoms with E-state index in [1.54, 1.807) is 0 Å². The van der Waals surface area contributed by atoms with Crippen molar-refractivity contribution in [1.29, 1.82) is 0 Å². The maximum Gasteiger partial charge on any atom is 0.0159 e. The van der Waals surface area contributed by atoms with Crippen molar-refractivity contribution in [2.24, 2.45) is 0 Å². The summed E-state index contributed by atoms with van der Waals surface area (Å²) in [5.74, 6) is 0. The molecule has 0 N–H and O–H groups in total. The molecule has 0 fully saturated rings. The minimum atomic E-state index is 0.0000248. The molecule has 0 nitrogen and oxygen atoms in total. The fourth-order valence-corrected chi connectivity index (χ4v) is 21.5. The van der Waals surface area contributed by atoms with E-state index < -0.39 is 0 Å². The summed E-state index contributed by atoms with van der Waals surface area (Å²) < 4.78 is 0. The fourth-order valence-electron chi connectivity index (χ4n) is 21.5. The molecule has 0 heteroatoms. The molecule has 0 atom stereocenters. The molecule has 0 bridgehead atoms. The highest BCUT2D eigenvalue weighted by atomic mass is 14.4. The number of fused-ring (bicyclic) bond motifs is 18. The molecule has 0 saturated carbocycles. The molecule has 0 saturated heterocycles. The highest BCUT2D eigenvalue weighted by molar-refractivity contribution is 6.22. The Morgan fingerprint density at radius 3 is 0.824 bits per heavy atom. The highest BCUT2D eigenvalue weighted by Gasteiger charge is 2.36. The summed E-state index contributed by atoms with van der Waals surface area (Å²) in [4.78, 5) is 0. The smallest absolute Gasteiger partial charge is 0.0159 e. The van der Waals surface area contributed by atoms with Crippen molar-refractivity contribution in [3.8, 4) is 167 Å².